The van der Waals surface area contributed by atoms with Crippen molar-refractivity contribution >= 4 is 17.8 Å². The van der Waals surface area contributed by atoms with E-state index in [0.29, 0.717) is 26.1 Å². The van der Waals surface area contributed by atoms with Gasteiger partial charge >= 0.3 is 12.1 Å². The first-order valence-corrected chi connectivity index (χ1v) is 11.7. The number of piperidine rings is 1. The van der Waals surface area contributed by atoms with E-state index in [1.165, 1.54) is 12.1 Å². The molecule has 0 bridgehead atoms. The third kappa shape index (κ3) is 6.94. The third-order valence-corrected chi connectivity index (χ3v) is 6.92. The lowest BCUT2D eigenvalue weighted by Gasteiger charge is -2.39. The lowest BCUT2D eigenvalue weighted by atomic mass is 9.81. The highest BCUT2D eigenvalue weighted by Crippen LogP contribution is 2.32. The van der Waals surface area contributed by atoms with Gasteiger partial charge in [-0.3, -0.25) is 14.4 Å². The van der Waals surface area contributed by atoms with Crippen molar-refractivity contribution in [3.63, 3.8) is 0 Å². The van der Waals surface area contributed by atoms with Gasteiger partial charge in [0.15, 0.2) is 0 Å². The maximum absolute atomic E-state index is 13.0. The monoisotopic (exact) mass is 483 g/mol. The zero-order valence-electron chi connectivity index (χ0n) is 19.4. The summed E-state index contributed by atoms with van der Waals surface area (Å²) >= 11 is 0. The number of halogens is 3. The minimum absolute atomic E-state index is 0.0181. The fourth-order valence-corrected chi connectivity index (χ4v) is 4.93. The molecular weight excluding hydrogens is 451 g/mol. The second kappa shape index (κ2) is 11.2. The van der Waals surface area contributed by atoms with Gasteiger partial charge in [-0.1, -0.05) is 0 Å². The van der Waals surface area contributed by atoms with E-state index in [0.717, 1.165) is 51.2 Å². The number of nitrogens with zero attached hydrogens (tertiary/aromatic N) is 3. The molecule has 2 saturated heterocycles. The van der Waals surface area contributed by atoms with E-state index in [2.05, 4.69) is 4.90 Å². The quantitative estimate of drug-likeness (QED) is 0.672. The van der Waals surface area contributed by atoms with Crippen molar-refractivity contribution in [1.82, 2.24) is 14.7 Å². The summed E-state index contributed by atoms with van der Waals surface area (Å²) in [5.41, 5.74) is -0.608. The van der Waals surface area contributed by atoms with E-state index in [-0.39, 0.29) is 35.6 Å². The zero-order chi connectivity index (χ0) is 24.9. The minimum Gasteiger partial charge on any atom is -0.481 e. The number of amides is 2. The summed E-state index contributed by atoms with van der Waals surface area (Å²) in [6.07, 6.45) is -2.29. The van der Waals surface area contributed by atoms with Crippen molar-refractivity contribution in [3.05, 3.63) is 35.4 Å². The first-order chi connectivity index (χ1) is 16.0. The number of aliphatic carboxylic acids is 1. The van der Waals surface area contributed by atoms with Gasteiger partial charge in [0.1, 0.15) is 0 Å². The number of benzene rings is 1. The first kappa shape index (κ1) is 26.0. The van der Waals surface area contributed by atoms with Gasteiger partial charge in [0.2, 0.25) is 5.91 Å². The standard InChI is InChI=1S/C24H32F3N3O4/c1-17(31)29-10-2-9-28(13-14-29)11-7-20-16-30(12-8-19(20)15-22(32)33)23(34)18-3-5-21(6-4-18)24(25,26)27/h3-6,19-20H,2,7-16H2,1H3,(H,32,33)/t19-,20+/m0/s1. The second-order valence-electron chi connectivity index (χ2n) is 9.22. The van der Waals surface area contributed by atoms with Gasteiger partial charge in [0.05, 0.1) is 5.56 Å². The molecule has 10 heteroatoms. The van der Waals surface area contributed by atoms with Crippen LogP contribution in [-0.4, -0.2) is 83.4 Å². The van der Waals surface area contributed by atoms with Crippen LogP contribution in [0.15, 0.2) is 24.3 Å². The average Bonchev–Trinajstić information content (AvgIpc) is 3.03. The summed E-state index contributed by atoms with van der Waals surface area (Å²) in [5, 5.41) is 9.34. The Balaban J connectivity index is 1.63. The molecule has 0 saturated carbocycles. The van der Waals surface area contributed by atoms with Crippen LogP contribution in [-0.2, 0) is 15.8 Å². The van der Waals surface area contributed by atoms with Crippen LogP contribution >= 0.6 is 0 Å². The summed E-state index contributed by atoms with van der Waals surface area (Å²) in [5.74, 6) is -1.22. The highest BCUT2D eigenvalue weighted by molar-refractivity contribution is 5.94. The Morgan fingerprint density at radius 1 is 0.971 bits per heavy atom. The molecular formula is C24H32F3N3O4. The number of carboxylic acid groups (broad SMARTS) is 1. The molecule has 0 aliphatic carbocycles. The van der Waals surface area contributed by atoms with E-state index in [4.69, 9.17) is 0 Å². The number of carbonyl (C=O) groups is 3. The fourth-order valence-electron chi connectivity index (χ4n) is 4.93. The van der Waals surface area contributed by atoms with Crippen LogP contribution in [0.4, 0.5) is 13.2 Å². The normalized spacial score (nSPS) is 22.4. The molecule has 3 rings (SSSR count). The predicted octanol–water partition coefficient (Wildman–Crippen LogP) is 3.20. The summed E-state index contributed by atoms with van der Waals surface area (Å²) in [6, 6.07) is 4.21. The maximum Gasteiger partial charge on any atom is 0.416 e. The van der Waals surface area contributed by atoms with Crippen LogP contribution in [0.25, 0.3) is 0 Å². The van der Waals surface area contributed by atoms with E-state index in [1.54, 1.807) is 11.8 Å². The molecule has 1 aromatic carbocycles. The van der Waals surface area contributed by atoms with Gasteiger partial charge in [-0.25, -0.2) is 0 Å². The summed E-state index contributed by atoms with van der Waals surface area (Å²) in [6.45, 7) is 6.07. The molecule has 1 N–H and O–H groups in total. The van der Waals surface area contributed by atoms with E-state index >= 15 is 0 Å². The summed E-state index contributed by atoms with van der Waals surface area (Å²) in [4.78, 5) is 41.8. The molecule has 2 aliphatic heterocycles. The molecule has 0 aromatic heterocycles. The largest absolute Gasteiger partial charge is 0.481 e. The van der Waals surface area contributed by atoms with Gasteiger partial charge < -0.3 is 19.8 Å². The Morgan fingerprint density at radius 3 is 2.29 bits per heavy atom. The average molecular weight is 484 g/mol. The lowest BCUT2D eigenvalue weighted by molar-refractivity contribution is -0.139. The molecule has 34 heavy (non-hydrogen) atoms. The van der Waals surface area contributed by atoms with Gasteiger partial charge in [0.25, 0.3) is 5.91 Å². The minimum atomic E-state index is -4.46. The Morgan fingerprint density at radius 2 is 1.68 bits per heavy atom. The molecule has 0 unspecified atom stereocenters. The van der Waals surface area contributed by atoms with Crippen molar-refractivity contribution in [1.29, 1.82) is 0 Å². The highest BCUT2D eigenvalue weighted by Gasteiger charge is 2.34. The van der Waals surface area contributed by atoms with E-state index in [1.807, 2.05) is 4.90 Å². The number of carbonyl (C=O) groups excluding carboxylic acids is 2. The van der Waals surface area contributed by atoms with E-state index < -0.39 is 17.7 Å². The smallest absolute Gasteiger partial charge is 0.416 e. The first-order valence-electron chi connectivity index (χ1n) is 11.7. The number of rotatable bonds is 6. The number of hydrogen-bond acceptors (Lipinski definition) is 4. The van der Waals surface area contributed by atoms with Crippen LogP contribution in [0.1, 0.15) is 48.5 Å². The molecule has 2 amide bonds. The lowest BCUT2D eigenvalue weighted by Crippen LogP contribution is -2.45. The van der Waals surface area contributed by atoms with Crippen molar-refractivity contribution in [2.75, 3.05) is 45.8 Å². The molecule has 188 valence electrons. The zero-order valence-corrected chi connectivity index (χ0v) is 19.4. The third-order valence-electron chi connectivity index (χ3n) is 6.92. The van der Waals surface area contributed by atoms with Crippen molar-refractivity contribution in [2.45, 2.75) is 38.8 Å². The molecule has 2 aliphatic rings. The number of likely N-dealkylation sites (tertiary alicyclic amines) is 1. The number of carboxylic acids is 1. The van der Waals surface area contributed by atoms with Gasteiger partial charge in [-0.15, -0.1) is 0 Å². The topological polar surface area (TPSA) is 81.2 Å². The predicted molar refractivity (Wildman–Crippen MR) is 119 cm³/mol. The molecule has 0 spiro atoms. The molecule has 7 nitrogen and oxygen atoms in total. The van der Waals surface area contributed by atoms with Crippen molar-refractivity contribution in [2.24, 2.45) is 11.8 Å². The van der Waals surface area contributed by atoms with Gasteiger partial charge in [0, 0.05) is 51.6 Å². The van der Waals surface area contributed by atoms with Gasteiger partial charge in [-0.05, 0) is 68.5 Å². The number of hydrogen-bond donors (Lipinski definition) is 1. The van der Waals surface area contributed by atoms with Gasteiger partial charge in [-0.2, -0.15) is 13.2 Å². The summed E-state index contributed by atoms with van der Waals surface area (Å²) in [7, 11) is 0. The fraction of sp³-hybridized carbons (Fsp3) is 0.625. The SMILES string of the molecule is CC(=O)N1CCCN(CC[C@@H]2CN(C(=O)c3ccc(C(F)(F)F)cc3)CC[C@H]2CC(=O)O)CC1. The van der Waals surface area contributed by atoms with Crippen LogP contribution in [0.2, 0.25) is 0 Å². The second-order valence-corrected chi connectivity index (χ2v) is 9.22. The summed E-state index contributed by atoms with van der Waals surface area (Å²) < 4.78 is 38.5. The number of alkyl halides is 3. The van der Waals surface area contributed by atoms with E-state index in [9.17, 15) is 32.7 Å². The Hall–Kier alpha value is -2.62. The van der Waals surface area contributed by atoms with Crippen molar-refractivity contribution < 1.29 is 32.7 Å². The maximum atomic E-state index is 13.0. The highest BCUT2D eigenvalue weighted by atomic mass is 19.4. The van der Waals surface area contributed by atoms with Crippen LogP contribution in [0, 0.1) is 11.8 Å². The molecule has 2 atom stereocenters. The Kier molecular flexibility index (Phi) is 8.57. The van der Waals surface area contributed by atoms with Crippen molar-refractivity contribution in [3.8, 4) is 0 Å². The molecule has 1 aromatic rings. The van der Waals surface area contributed by atoms with Crippen LogP contribution in [0.3, 0.4) is 0 Å². The van der Waals surface area contributed by atoms with Crippen LogP contribution < -0.4 is 0 Å². The molecule has 2 fully saturated rings. The Bertz CT molecular complexity index is 875. The molecule has 2 heterocycles. The Labute approximate surface area is 197 Å². The molecule has 0 radical (unpaired) electrons. The van der Waals surface area contributed by atoms with Crippen LogP contribution in [0.5, 0.6) is 0 Å².